The van der Waals surface area contributed by atoms with Gasteiger partial charge in [-0.05, 0) is 24.6 Å². The Morgan fingerprint density at radius 2 is 2.09 bits per heavy atom. The summed E-state index contributed by atoms with van der Waals surface area (Å²) in [6, 6.07) is 3.19. The van der Waals surface area contributed by atoms with Gasteiger partial charge in [-0.1, -0.05) is 13.3 Å². The average Bonchev–Trinajstić information content (AvgIpc) is 2.46. The second-order valence-corrected chi connectivity index (χ2v) is 5.86. The zero-order chi connectivity index (χ0) is 16.3. The lowest BCUT2D eigenvalue weighted by atomic mass is 10.0. The molecular formula is C16H22F2N2O2. The van der Waals surface area contributed by atoms with E-state index in [9.17, 15) is 18.7 Å². The number of amides is 1. The molecule has 2 rings (SSSR count). The van der Waals surface area contributed by atoms with E-state index in [1.54, 1.807) is 11.9 Å². The molecule has 0 bridgehead atoms. The fraction of sp³-hybridized carbons (Fsp3) is 0.562. The van der Waals surface area contributed by atoms with E-state index in [1.165, 1.54) is 6.07 Å². The highest BCUT2D eigenvalue weighted by Crippen LogP contribution is 2.17. The monoisotopic (exact) mass is 312 g/mol. The Kier molecular flexibility index (Phi) is 5.47. The number of hydrogen-bond donors (Lipinski definition) is 1. The first-order valence-electron chi connectivity index (χ1n) is 7.55. The van der Waals surface area contributed by atoms with E-state index in [4.69, 9.17) is 0 Å². The lowest BCUT2D eigenvalue weighted by molar-refractivity contribution is -0.0113. The number of carbonyl (C=O) groups excluding carboxylic acids is 1. The summed E-state index contributed by atoms with van der Waals surface area (Å²) in [6.07, 6.45) is 1.45. The largest absolute Gasteiger partial charge is 0.390 e. The van der Waals surface area contributed by atoms with Crippen molar-refractivity contribution in [2.75, 3.05) is 26.7 Å². The molecule has 4 nitrogen and oxygen atoms in total. The van der Waals surface area contributed by atoms with Gasteiger partial charge in [0.15, 0.2) is 11.6 Å². The second-order valence-electron chi connectivity index (χ2n) is 5.86. The van der Waals surface area contributed by atoms with E-state index >= 15 is 0 Å². The third kappa shape index (κ3) is 3.81. The minimum atomic E-state index is -1.02. The fourth-order valence-corrected chi connectivity index (χ4v) is 2.73. The molecule has 1 aliphatic rings. The van der Waals surface area contributed by atoms with E-state index in [0.29, 0.717) is 19.6 Å². The van der Waals surface area contributed by atoms with Gasteiger partial charge in [-0.25, -0.2) is 8.78 Å². The Morgan fingerprint density at radius 1 is 1.41 bits per heavy atom. The van der Waals surface area contributed by atoms with Gasteiger partial charge >= 0.3 is 0 Å². The third-order valence-electron chi connectivity index (χ3n) is 4.06. The molecule has 1 aromatic carbocycles. The van der Waals surface area contributed by atoms with Crippen LogP contribution in [0.2, 0.25) is 0 Å². The number of hydrogen-bond acceptors (Lipinski definition) is 3. The van der Waals surface area contributed by atoms with E-state index < -0.39 is 11.6 Å². The van der Waals surface area contributed by atoms with Crippen LogP contribution in [0.15, 0.2) is 18.2 Å². The van der Waals surface area contributed by atoms with Crippen LogP contribution in [0.5, 0.6) is 0 Å². The van der Waals surface area contributed by atoms with Crippen molar-refractivity contribution < 1.29 is 18.7 Å². The molecule has 1 N–H and O–H groups in total. The number of aliphatic hydroxyl groups is 1. The van der Waals surface area contributed by atoms with Gasteiger partial charge in [0, 0.05) is 38.3 Å². The van der Waals surface area contributed by atoms with Crippen LogP contribution in [-0.2, 0) is 0 Å². The van der Waals surface area contributed by atoms with Crippen LogP contribution in [0.25, 0.3) is 0 Å². The highest BCUT2D eigenvalue weighted by Gasteiger charge is 2.29. The highest BCUT2D eigenvalue weighted by molar-refractivity contribution is 5.94. The number of nitrogens with zero attached hydrogens (tertiary/aromatic N) is 2. The number of benzene rings is 1. The first-order chi connectivity index (χ1) is 10.4. The maximum absolute atomic E-state index is 13.3. The number of aliphatic hydroxyl groups excluding tert-OH is 1. The number of carbonyl (C=O) groups is 1. The van der Waals surface area contributed by atoms with E-state index in [-0.39, 0.29) is 23.6 Å². The first-order valence-corrected chi connectivity index (χ1v) is 7.55. The van der Waals surface area contributed by atoms with E-state index in [2.05, 4.69) is 4.90 Å². The van der Waals surface area contributed by atoms with Gasteiger partial charge in [0.05, 0.1) is 6.10 Å². The van der Waals surface area contributed by atoms with Crippen LogP contribution in [0.3, 0.4) is 0 Å². The molecular weight excluding hydrogens is 290 g/mol. The maximum Gasteiger partial charge on any atom is 0.253 e. The Balaban J connectivity index is 2.05. The lowest BCUT2D eigenvalue weighted by Crippen LogP contribution is -2.55. The summed E-state index contributed by atoms with van der Waals surface area (Å²) in [5.74, 6) is -2.30. The quantitative estimate of drug-likeness (QED) is 0.872. The summed E-state index contributed by atoms with van der Waals surface area (Å²) in [6.45, 7) is 3.95. The summed E-state index contributed by atoms with van der Waals surface area (Å²) in [4.78, 5) is 16.1. The molecule has 1 atom stereocenters. The molecule has 1 saturated heterocycles. The van der Waals surface area contributed by atoms with Gasteiger partial charge in [-0.2, -0.15) is 0 Å². The van der Waals surface area contributed by atoms with Crippen molar-refractivity contribution in [2.45, 2.75) is 31.9 Å². The van der Waals surface area contributed by atoms with Gasteiger partial charge in [-0.3, -0.25) is 9.69 Å². The van der Waals surface area contributed by atoms with Crippen molar-refractivity contribution in [1.82, 2.24) is 9.80 Å². The van der Waals surface area contributed by atoms with E-state index in [1.807, 2.05) is 6.92 Å². The number of likely N-dealkylation sites (N-methyl/N-ethyl adjacent to an activating group) is 1. The molecule has 0 aliphatic carbocycles. The normalized spacial score (nSPS) is 17.1. The lowest BCUT2D eigenvalue weighted by Gasteiger charge is -2.40. The molecule has 22 heavy (non-hydrogen) atoms. The minimum absolute atomic E-state index is 0.0156. The molecule has 1 aliphatic heterocycles. The Morgan fingerprint density at radius 3 is 2.64 bits per heavy atom. The van der Waals surface area contributed by atoms with Crippen molar-refractivity contribution in [1.29, 1.82) is 0 Å². The van der Waals surface area contributed by atoms with Gasteiger partial charge in [0.2, 0.25) is 0 Å². The zero-order valence-corrected chi connectivity index (χ0v) is 12.9. The van der Waals surface area contributed by atoms with Crippen LogP contribution >= 0.6 is 0 Å². The highest BCUT2D eigenvalue weighted by atomic mass is 19.2. The van der Waals surface area contributed by atoms with Gasteiger partial charge < -0.3 is 10.0 Å². The topological polar surface area (TPSA) is 43.8 Å². The van der Waals surface area contributed by atoms with Crippen molar-refractivity contribution in [3.63, 3.8) is 0 Å². The Bertz CT molecular complexity index is 533. The molecule has 0 saturated carbocycles. The van der Waals surface area contributed by atoms with Crippen LogP contribution in [0, 0.1) is 11.6 Å². The number of β-amino-alcohol motifs (C(OH)–C–C–N with tert-alkyl or cyclic N) is 1. The molecule has 1 fully saturated rings. The summed E-state index contributed by atoms with van der Waals surface area (Å²) >= 11 is 0. The van der Waals surface area contributed by atoms with Gasteiger partial charge in [0.25, 0.3) is 5.91 Å². The summed E-state index contributed by atoms with van der Waals surface area (Å²) in [7, 11) is 1.68. The summed E-state index contributed by atoms with van der Waals surface area (Å²) in [5.41, 5.74) is 0.145. The van der Waals surface area contributed by atoms with Crippen molar-refractivity contribution in [2.24, 2.45) is 0 Å². The molecule has 0 spiro atoms. The standard InChI is InChI=1S/C16H22F2N2O2/c1-3-4-12(8-20-9-13(21)10-20)19(2)16(22)11-5-6-14(17)15(18)7-11/h5-7,12-13,21H,3-4,8-10H2,1-2H3/t12-/m0/s1. The van der Waals surface area contributed by atoms with Crippen molar-refractivity contribution in [3.05, 3.63) is 35.4 Å². The molecule has 1 heterocycles. The number of likely N-dealkylation sites (tertiary alicyclic amines) is 1. The molecule has 0 aromatic heterocycles. The first kappa shape index (κ1) is 16.8. The van der Waals surface area contributed by atoms with Crippen LogP contribution in [0.4, 0.5) is 8.78 Å². The van der Waals surface area contributed by atoms with E-state index in [0.717, 1.165) is 25.0 Å². The van der Waals surface area contributed by atoms with Gasteiger partial charge in [0.1, 0.15) is 0 Å². The molecule has 1 aromatic rings. The molecule has 0 unspecified atom stereocenters. The molecule has 122 valence electrons. The number of rotatable bonds is 6. The Hall–Kier alpha value is -1.53. The zero-order valence-electron chi connectivity index (χ0n) is 12.9. The van der Waals surface area contributed by atoms with Crippen LogP contribution in [-0.4, -0.2) is 59.6 Å². The number of halogens is 2. The predicted molar refractivity (Wildman–Crippen MR) is 79.6 cm³/mol. The van der Waals surface area contributed by atoms with Gasteiger partial charge in [-0.15, -0.1) is 0 Å². The Labute approximate surface area is 129 Å². The molecule has 6 heteroatoms. The predicted octanol–water partition coefficient (Wildman–Crippen LogP) is 1.88. The SMILES string of the molecule is CCC[C@@H](CN1CC(O)C1)N(C)C(=O)c1ccc(F)c(F)c1. The van der Waals surface area contributed by atoms with Crippen molar-refractivity contribution >= 4 is 5.91 Å². The average molecular weight is 312 g/mol. The third-order valence-corrected chi connectivity index (χ3v) is 4.06. The van der Waals surface area contributed by atoms with Crippen LogP contribution < -0.4 is 0 Å². The molecule has 1 amide bonds. The summed E-state index contributed by atoms with van der Waals surface area (Å²) < 4.78 is 26.3. The summed E-state index contributed by atoms with van der Waals surface area (Å²) in [5, 5.41) is 9.34. The smallest absolute Gasteiger partial charge is 0.253 e. The molecule has 0 radical (unpaired) electrons. The fourth-order valence-electron chi connectivity index (χ4n) is 2.73. The maximum atomic E-state index is 13.3. The van der Waals surface area contributed by atoms with Crippen LogP contribution in [0.1, 0.15) is 30.1 Å². The van der Waals surface area contributed by atoms with Crippen molar-refractivity contribution in [3.8, 4) is 0 Å². The second kappa shape index (κ2) is 7.15. The minimum Gasteiger partial charge on any atom is -0.390 e.